The van der Waals surface area contributed by atoms with E-state index in [0.717, 1.165) is 50.1 Å². The SMILES string of the molecule is C[Si](C)(CCC[N+](CCCCS(=O)(=O)O)(CCCCS(=O)(=O)O)CCCCS(=O)(=O)O)O[Si-2]123(O[Si](C)(C)CCC[N+](CCCCS(=O)(=O)O)(CCCCS(=O)(=O)O)CCOCCOCCC=O)n4c5c6ccccc6c4N=C4c6ccccc6C(=[N+]41)N=c1c4ccccc4c(n12)=NC1=[N+]3C(=N5)c2ccccc21. The summed E-state index contributed by atoms with van der Waals surface area (Å²) in [5.74, 6) is 0.530. The van der Waals surface area contributed by atoms with Gasteiger partial charge in [0.25, 0.3) is 0 Å². The molecule has 38 heteroatoms. The van der Waals surface area contributed by atoms with Gasteiger partial charge in [-0.05, 0) is 0 Å². The predicted molar refractivity (Wildman–Crippen MR) is 413 cm³/mol. The number of fused-ring (bicyclic) bond motifs is 12. The molecule has 0 atom stereocenters. The summed E-state index contributed by atoms with van der Waals surface area (Å²) in [6.07, 6.45) is 3.99. The van der Waals surface area contributed by atoms with E-state index < -0.39 is 104 Å². The van der Waals surface area contributed by atoms with Gasteiger partial charge in [0.2, 0.25) is 0 Å². The number of rotatable bonds is 46. The van der Waals surface area contributed by atoms with E-state index in [1.807, 2.05) is 97.1 Å². The number of ether oxygens (including phenoxy) is 2. The molecule has 584 valence electrons. The number of quaternary nitrogens is 2. The molecular formula is C69H98N10O20S5Si3+2. The molecule has 0 saturated carbocycles. The Morgan fingerprint density at radius 1 is 0.402 bits per heavy atom. The molecule has 12 rings (SSSR count). The molecule has 0 amide bonds. The minimum atomic E-state index is -7.42. The summed E-state index contributed by atoms with van der Waals surface area (Å²) in [6, 6.07) is 32.8. The van der Waals surface area contributed by atoms with E-state index in [9.17, 15) is 77.9 Å². The molecule has 0 aliphatic carbocycles. The summed E-state index contributed by atoms with van der Waals surface area (Å²) < 4.78 is 212. The number of aliphatic imine (C=N–C) groups is 2. The van der Waals surface area contributed by atoms with Crippen LogP contribution < -0.4 is 11.0 Å². The quantitative estimate of drug-likeness (QED) is 0.00832. The maximum absolute atomic E-state index is 12.3. The van der Waals surface area contributed by atoms with Crippen LogP contribution in [0.15, 0.2) is 117 Å². The Morgan fingerprint density at radius 3 is 1.07 bits per heavy atom. The number of aldehydes is 1. The van der Waals surface area contributed by atoms with Gasteiger partial charge in [-0.3, -0.25) is 0 Å². The average molecular weight is 1630 g/mol. The zero-order chi connectivity index (χ0) is 76.8. The van der Waals surface area contributed by atoms with Crippen molar-refractivity contribution >= 4 is 138 Å². The second-order valence-corrected chi connectivity index (χ2v) is 52.7. The number of hydrogen-bond acceptors (Lipinski definition) is 19. The van der Waals surface area contributed by atoms with Gasteiger partial charge in [-0.25, -0.2) is 0 Å². The van der Waals surface area contributed by atoms with Crippen LogP contribution in [0.3, 0.4) is 0 Å². The van der Waals surface area contributed by atoms with E-state index >= 15 is 0 Å². The van der Waals surface area contributed by atoms with Crippen molar-refractivity contribution in [3.63, 3.8) is 0 Å². The van der Waals surface area contributed by atoms with Gasteiger partial charge in [-0.15, -0.1) is 0 Å². The Hall–Kier alpha value is -6.13. The first-order valence-electron chi connectivity index (χ1n) is 36.7. The van der Waals surface area contributed by atoms with Crippen LogP contribution in [0.2, 0.25) is 38.3 Å². The monoisotopic (exact) mass is 1630 g/mol. The maximum atomic E-state index is 12.3. The van der Waals surface area contributed by atoms with Gasteiger partial charge in [0.1, 0.15) is 6.29 Å². The van der Waals surface area contributed by atoms with E-state index in [0.29, 0.717) is 160 Å². The Labute approximate surface area is 626 Å². The number of unbranched alkanes of at least 4 members (excludes halogenated alkanes) is 5. The fourth-order valence-corrected chi connectivity index (χ4v) is 42.7. The van der Waals surface area contributed by atoms with Crippen molar-refractivity contribution in [1.29, 1.82) is 0 Å². The van der Waals surface area contributed by atoms with Crippen molar-refractivity contribution in [1.82, 2.24) is 8.47 Å². The van der Waals surface area contributed by atoms with Gasteiger partial charge >= 0.3 is 607 Å². The summed E-state index contributed by atoms with van der Waals surface area (Å²) in [7, 11) is -36.6. The number of benzene rings is 4. The average Bonchev–Trinajstić information content (AvgIpc) is 1.48. The van der Waals surface area contributed by atoms with Gasteiger partial charge in [0.15, 0.2) is 0 Å². The number of nitrogens with zero attached hydrogens (tertiary/aromatic N) is 10. The van der Waals surface area contributed by atoms with E-state index in [4.69, 9.17) is 29.4 Å². The number of aromatic nitrogens is 2. The first kappa shape index (κ1) is 80.4. The van der Waals surface area contributed by atoms with E-state index in [1.165, 1.54) is 0 Å². The third-order valence-electron chi connectivity index (χ3n) is 21.8. The molecule has 2 aromatic heterocycles. The first-order chi connectivity index (χ1) is 50.4. The zero-order valence-electron chi connectivity index (χ0n) is 60.8. The molecule has 30 nitrogen and oxygen atoms in total. The summed E-state index contributed by atoms with van der Waals surface area (Å²) >= 11 is 0. The van der Waals surface area contributed by atoms with Crippen LogP contribution in [0.1, 0.15) is 106 Å². The molecule has 8 heterocycles. The van der Waals surface area contributed by atoms with Gasteiger partial charge in [0, 0.05) is 6.42 Å². The minimum absolute atomic E-state index is 0.0822. The fraction of sp³-hybridized carbons (Fsp3) is 0.522. The number of carbonyl (C=O) groups is 1. The van der Waals surface area contributed by atoms with Gasteiger partial charge in [-0.1, -0.05) is 0 Å². The predicted octanol–water partition coefficient (Wildman–Crippen LogP) is 7.14. The molecule has 1 spiro atoms. The third kappa shape index (κ3) is 15.8. The van der Waals surface area contributed by atoms with Crippen molar-refractivity contribution in [2.75, 3.05) is 108 Å². The van der Waals surface area contributed by atoms with Crippen LogP contribution in [-0.4, -0.2) is 252 Å². The summed E-state index contributed by atoms with van der Waals surface area (Å²) in [5.41, 5.74) is 4.01. The molecular weight excluding hydrogens is 1530 g/mol. The van der Waals surface area contributed by atoms with Crippen LogP contribution >= 0.6 is 0 Å². The Morgan fingerprint density at radius 2 is 0.720 bits per heavy atom. The van der Waals surface area contributed by atoms with Crippen molar-refractivity contribution in [3.8, 4) is 0 Å². The second kappa shape index (κ2) is 30.2. The van der Waals surface area contributed by atoms with E-state index in [2.05, 4.69) is 43.1 Å². The Kier molecular flexibility index (Phi) is 22.7. The van der Waals surface area contributed by atoms with Crippen molar-refractivity contribution in [2.45, 2.75) is 122 Å². The standard InChI is InChI=1S/C69H96N10O20S5Si3/c1-105(2,52-23-39-78(34-13-18-47-100(81,82)83,35-14-19-48-101(84,85)86)36-15-20-49-102(87,88)89)98-107(99-106(3,4)53-24-40-79(37-16-21-50-103(90,91)92,38-17-22-51-104(93,94)95)41-44-97-46-45-96-43-25-42-80)74-62-54-26-5-6-27-55(54)63(74)71-65-58-30-9-10-31-59(58)67(76(65)107)73-69-61-33-12-11-32-60(61)68(77(69)107)72-66-57-29-8-7-28-56(57)64(70-62)75(66)107/h5-12,26-33,42H,13-25,34-41,43-53H2,1-4H3,(H3-2,81,82,83,84,85,86,87,88,89,90,91,92,93,94,95)/p+2. The molecule has 5 N–H and O–H groups in total. The van der Waals surface area contributed by atoms with Crippen molar-refractivity contribution in [2.24, 2.45) is 20.0 Å². The van der Waals surface area contributed by atoms with E-state index in [1.54, 1.807) is 0 Å². The van der Waals surface area contributed by atoms with Crippen LogP contribution in [0.25, 0.3) is 21.5 Å². The van der Waals surface area contributed by atoms with Crippen LogP contribution in [0, 0.1) is 0 Å². The molecule has 0 saturated heterocycles. The van der Waals surface area contributed by atoms with E-state index in [-0.39, 0.29) is 69.4 Å². The van der Waals surface area contributed by atoms with Crippen LogP contribution in [0.5, 0.6) is 0 Å². The number of hydrogen-bond donors (Lipinski definition) is 5. The fourth-order valence-electron chi connectivity index (χ4n) is 17.7. The van der Waals surface area contributed by atoms with Crippen LogP contribution in [0.4, 0.5) is 11.6 Å². The topological polar surface area (TPSA) is 391 Å². The van der Waals surface area contributed by atoms with Crippen LogP contribution in [-0.2, 0) is 73.1 Å². The first-order valence-corrected chi connectivity index (χ1v) is 53.5. The number of amidine groups is 4. The molecule has 0 bridgehead atoms. The van der Waals surface area contributed by atoms with Gasteiger partial charge in [0.05, 0.1) is 6.61 Å². The summed E-state index contributed by atoms with van der Waals surface area (Å²) in [6.45, 7) is 12.6. The Balaban J connectivity index is 1.08. The zero-order valence-corrected chi connectivity index (χ0v) is 67.9. The molecule has 6 aliphatic heterocycles. The molecule has 107 heavy (non-hydrogen) atoms. The molecule has 0 radical (unpaired) electrons. The number of carbonyl (C=O) groups excluding carboxylic acids is 1. The van der Waals surface area contributed by atoms with Gasteiger partial charge in [-0.2, -0.15) is 0 Å². The summed E-state index contributed by atoms with van der Waals surface area (Å²) in [5, 5.41) is 3.00. The third-order valence-corrected chi connectivity index (χ3v) is 42.5. The second-order valence-electron chi connectivity index (χ2n) is 30.5. The Bertz CT molecular complexity index is 5090. The normalized spacial score (nSPS) is 17.5. The van der Waals surface area contributed by atoms with Crippen molar-refractivity contribution < 1.29 is 105 Å². The van der Waals surface area contributed by atoms with Crippen molar-refractivity contribution in [3.05, 3.63) is 130 Å². The summed E-state index contributed by atoms with van der Waals surface area (Å²) in [4.78, 5) is 34.6. The molecule has 6 aliphatic rings. The molecule has 4 aromatic carbocycles. The molecule has 6 aromatic rings. The van der Waals surface area contributed by atoms with Gasteiger partial charge < -0.3 is 4.79 Å². The molecule has 0 fully saturated rings. The molecule has 0 unspecified atom stereocenters.